The zero-order valence-corrected chi connectivity index (χ0v) is 11.8. The number of carbonyl (C=O) groups is 1. The first-order chi connectivity index (χ1) is 9.11. The summed E-state index contributed by atoms with van der Waals surface area (Å²) in [6, 6.07) is 3.96. The number of anilines is 1. The minimum Gasteiger partial charge on any atom is -0.464 e. The molecule has 0 saturated heterocycles. The second-order valence-corrected chi connectivity index (χ2v) is 5.27. The molecule has 0 spiro atoms. The van der Waals surface area contributed by atoms with Gasteiger partial charge in [0.15, 0.2) is 10.8 Å². The van der Waals surface area contributed by atoms with Crippen LogP contribution in [0.3, 0.4) is 0 Å². The Morgan fingerprint density at radius 1 is 1.53 bits per heavy atom. The molecule has 0 aliphatic carbocycles. The molecule has 1 N–H and O–H groups in total. The molecule has 1 atom stereocenters. The van der Waals surface area contributed by atoms with Gasteiger partial charge in [-0.2, -0.15) is 0 Å². The lowest BCUT2D eigenvalue weighted by Gasteiger charge is -2.12. The van der Waals surface area contributed by atoms with Gasteiger partial charge in [0.25, 0.3) is 0 Å². The number of carbonyl (C=O) groups excluding carboxylic acids is 1. The molecule has 1 unspecified atom stereocenters. The Morgan fingerprint density at radius 3 is 2.95 bits per heavy atom. The third-order valence-corrected chi connectivity index (χ3v) is 3.60. The Balaban J connectivity index is 2.14. The summed E-state index contributed by atoms with van der Waals surface area (Å²) in [6.45, 7) is 3.87. The van der Waals surface area contributed by atoms with Crippen LogP contribution in [-0.4, -0.2) is 23.0 Å². The Labute approximate surface area is 115 Å². The Hall–Kier alpha value is -1.95. The van der Waals surface area contributed by atoms with E-state index in [-0.39, 0.29) is 6.04 Å². The van der Waals surface area contributed by atoms with Crippen LogP contribution in [0.4, 0.5) is 5.13 Å². The van der Waals surface area contributed by atoms with Gasteiger partial charge >= 0.3 is 5.97 Å². The molecular formula is C13H15N3O2S. The fourth-order valence-corrected chi connectivity index (χ4v) is 2.53. The number of pyridine rings is 1. The van der Waals surface area contributed by atoms with E-state index in [1.54, 1.807) is 12.4 Å². The minimum absolute atomic E-state index is 0.0738. The van der Waals surface area contributed by atoms with E-state index in [9.17, 15) is 4.79 Å². The van der Waals surface area contributed by atoms with Crippen molar-refractivity contribution in [3.8, 4) is 0 Å². The number of ether oxygens (including phenoxy) is 1. The third-order valence-electron chi connectivity index (χ3n) is 2.70. The zero-order valence-electron chi connectivity index (χ0n) is 11.0. The van der Waals surface area contributed by atoms with E-state index in [0.717, 1.165) is 10.4 Å². The summed E-state index contributed by atoms with van der Waals surface area (Å²) in [5, 5.41) is 3.96. The maximum absolute atomic E-state index is 11.5. The minimum atomic E-state index is -0.407. The molecule has 2 rings (SSSR count). The number of aromatic nitrogens is 2. The second kappa shape index (κ2) is 5.79. The number of nitrogens with one attached hydrogen (secondary N) is 1. The number of aryl methyl sites for hydroxylation is 1. The Kier molecular flexibility index (Phi) is 4.11. The monoisotopic (exact) mass is 277 g/mol. The summed E-state index contributed by atoms with van der Waals surface area (Å²) in [5.41, 5.74) is 1.43. The van der Waals surface area contributed by atoms with Gasteiger partial charge in [-0.15, -0.1) is 11.3 Å². The van der Waals surface area contributed by atoms with Crippen molar-refractivity contribution in [3.05, 3.63) is 40.7 Å². The number of nitrogens with zero attached hydrogens (tertiary/aromatic N) is 2. The Morgan fingerprint density at radius 2 is 2.32 bits per heavy atom. The lowest BCUT2D eigenvalue weighted by molar-refractivity contribution is 0.0594. The van der Waals surface area contributed by atoms with Crippen LogP contribution in [0, 0.1) is 6.92 Å². The summed E-state index contributed by atoms with van der Waals surface area (Å²) < 4.78 is 4.69. The molecule has 19 heavy (non-hydrogen) atoms. The van der Waals surface area contributed by atoms with Crippen molar-refractivity contribution in [1.29, 1.82) is 0 Å². The van der Waals surface area contributed by atoms with Crippen molar-refractivity contribution in [2.24, 2.45) is 0 Å². The number of esters is 1. The zero-order chi connectivity index (χ0) is 13.8. The maximum Gasteiger partial charge on any atom is 0.357 e. The van der Waals surface area contributed by atoms with Crippen LogP contribution < -0.4 is 5.32 Å². The van der Waals surface area contributed by atoms with Gasteiger partial charge in [-0.3, -0.25) is 4.98 Å². The van der Waals surface area contributed by atoms with Crippen LogP contribution in [0.2, 0.25) is 0 Å². The molecule has 100 valence electrons. The number of hydrogen-bond acceptors (Lipinski definition) is 6. The Bertz CT molecular complexity index is 569. The van der Waals surface area contributed by atoms with Crippen molar-refractivity contribution >= 4 is 22.4 Å². The molecule has 2 aromatic heterocycles. The van der Waals surface area contributed by atoms with E-state index in [1.165, 1.54) is 18.4 Å². The molecule has 0 amide bonds. The average Bonchev–Trinajstić information content (AvgIpc) is 2.79. The predicted molar refractivity (Wildman–Crippen MR) is 74.5 cm³/mol. The van der Waals surface area contributed by atoms with Gasteiger partial charge in [-0.05, 0) is 25.5 Å². The highest BCUT2D eigenvalue weighted by molar-refractivity contribution is 7.15. The van der Waals surface area contributed by atoms with Gasteiger partial charge in [-0.1, -0.05) is 6.07 Å². The summed E-state index contributed by atoms with van der Waals surface area (Å²) in [5.74, 6) is -0.407. The average molecular weight is 277 g/mol. The van der Waals surface area contributed by atoms with Crippen molar-refractivity contribution in [3.63, 3.8) is 0 Å². The van der Waals surface area contributed by atoms with Gasteiger partial charge in [0.1, 0.15) is 0 Å². The van der Waals surface area contributed by atoms with Crippen LogP contribution in [0.25, 0.3) is 0 Å². The number of hydrogen-bond donors (Lipinski definition) is 1. The molecule has 0 aliphatic heterocycles. The normalized spacial score (nSPS) is 11.9. The SMILES string of the molecule is COC(=O)c1nc(NC(C)c2cccnc2)sc1C. The smallest absolute Gasteiger partial charge is 0.357 e. The summed E-state index contributed by atoms with van der Waals surface area (Å²) in [7, 11) is 1.35. The molecule has 0 saturated carbocycles. The quantitative estimate of drug-likeness (QED) is 0.871. The van der Waals surface area contributed by atoms with Crippen LogP contribution in [0.15, 0.2) is 24.5 Å². The molecule has 2 aromatic rings. The van der Waals surface area contributed by atoms with Crippen LogP contribution >= 0.6 is 11.3 Å². The molecule has 5 nitrogen and oxygen atoms in total. The van der Waals surface area contributed by atoms with Crippen LogP contribution in [-0.2, 0) is 4.74 Å². The molecular weight excluding hydrogens is 262 g/mol. The van der Waals surface area contributed by atoms with Gasteiger partial charge < -0.3 is 10.1 Å². The maximum atomic E-state index is 11.5. The van der Waals surface area contributed by atoms with E-state index in [4.69, 9.17) is 0 Å². The molecule has 0 aliphatic rings. The first kappa shape index (κ1) is 13.5. The van der Waals surface area contributed by atoms with Gasteiger partial charge in [0.2, 0.25) is 0 Å². The number of rotatable bonds is 4. The van der Waals surface area contributed by atoms with Gasteiger partial charge in [0.05, 0.1) is 13.2 Å². The second-order valence-electron chi connectivity index (χ2n) is 4.07. The molecule has 0 aromatic carbocycles. The van der Waals surface area contributed by atoms with E-state index < -0.39 is 5.97 Å². The van der Waals surface area contributed by atoms with E-state index in [0.29, 0.717) is 10.8 Å². The molecule has 0 radical (unpaired) electrons. The van der Waals surface area contributed by atoms with Gasteiger partial charge in [-0.25, -0.2) is 9.78 Å². The summed E-state index contributed by atoms with van der Waals surface area (Å²) in [6.07, 6.45) is 3.54. The first-order valence-corrected chi connectivity index (χ1v) is 6.65. The van der Waals surface area contributed by atoms with Crippen LogP contribution in [0.5, 0.6) is 0 Å². The highest BCUT2D eigenvalue weighted by Crippen LogP contribution is 2.26. The fraction of sp³-hybridized carbons (Fsp3) is 0.308. The standard InChI is InChI=1S/C13H15N3O2S/c1-8(10-5-4-6-14-7-10)15-13-16-11(9(2)19-13)12(17)18-3/h4-8H,1-3H3,(H,15,16). The van der Waals surface area contributed by atoms with Crippen molar-refractivity contribution < 1.29 is 9.53 Å². The molecule has 0 bridgehead atoms. The molecule has 0 fully saturated rings. The van der Waals surface area contributed by atoms with E-state index in [2.05, 4.69) is 20.0 Å². The number of methoxy groups -OCH3 is 1. The van der Waals surface area contributed by atoms with Crippen molar-refractivity contribution in [2.75, 3.05) is 12.4 Å². The van der Waals surface area contributed by atoms with Crippen LogP contribution in [0.1, 0.15) is 33.9 Å². The largest absolute Gasteiger partial charge is 0.464 e. The lowest BCUT2D eigenvalue weighted by atomic mass is 10.1. The molecule has 6 heteroatoms. The molecule has 2 heterocycles. The summed E-state index contributed by atoms with van der Waals surface area (Å²) >= 11 is 1.44. The number of thiazole rings is 1. The van der Waals surface area contributed by atoms with E-state index in [1.807, 2.05) is 26.0 Å². The van der Waals surface area contributed by atoms with Gasteiger partial charge in [0, 0.05) is 17.3 Å². The first-order valence-electron chi connectivity index (χ1n) is 5.84. The lowest BCUT2D eigenvalue weighted by Crippen LogP contribution is -2.07. The van der Waals surface area contributed by atoms with Crippen molar-refractivity contribution in [1.82, 2.24) is 9.97 Å². The van der Waals surface area contributed by atoms with E-state index >= 15 is 0 Å². The predicted octanol–water partition coefficient (Wildman–Crippen LogP) is 2.81. The topological polar surface area (TPSA) is 64.1 Å². The highest BCUT2D eigenvalue weighted by Gasteiger charge is 2.17. The fourth-order valence-electron chi connectivity index (χ4n) is 1.64. The third kappa shape index (κ3) is 3.08. The van der Waals surface area contributed by atoms with Crippen molar-refractivity contribution in [2.45, 2.75) is 19.9 Å². The summed E-state index contributed by atoms with van der Waals surface area (Å²) in [4.78, 5) is 20.7. The highest BCUT2D eigenvalue weighted by atomic mass is 32.1.